The largest absolute Gasteiger partial charge is 0.207 e. The molecule has 3 aromatic rings. The summed E-state index contributed by atoms with van der Waals surface area (Å²) in [6.07, 6.45) is 6.15. The minimum absolute atomic E-state index is 0.217. The SMILES string of the molecule is CC[C@H]1CC[C@H](c2ccc3c(F)c(-c4cc(F)cc(F)c4)ccc3c2)CC1. The second-order valence-electron chi connectivity index (χ2n) is 7.69. The van der Waals surface area contributed by atoms with Gasteiger partial charge in [-0.05, 0) is 66.2 Å². The summed E-state index contributed by atoms with van der Waals surface area (Å²) < 4.78 is 42.1. The zero-order chi connectivity index (χ0) is 19.0. The summed E-state index contributed by atoms with van der Waals surface area (Å²) in [6.45, 7) is 2.26. The van der Waals surface area contributed by atoms with E-state index in [1.165, 1.54) is 37.7 Å². The Morgan fingerprint density at radius 2 is 1.52 bits per heavy atom. The predicted molar refractivity (Wildman–Crippen MR) is 104 cm³/mol. The summed E-state index contributed by atoms with van der Waals surface area (Å²) in [6, 6.07) is 12.5. The maximum absolute atomic E-state index is 15.0. The van der Waals surface area contributed by atoms with Crippen molar-refractivity contribution in [2.45, 2.75) is 44.9 Å². The van der Waals surface area contributed by atoms with Crippen LogP contribution in [0, 0.1) is 23.4 Å². The molecule has 0 saturated heterocycles. The van der Waals surface area contributed by atoms with Crippen LogP contribution in [0.15, 0.2) is 48.5 Å². The average Bonchev–Trinajstić information content (AvgIpc) is 2.67. The van der Waals surface area contributed by atoms with Crippen LogP contribution in [-0.2, 0) is 0 Å². The van der Waals surface area contributed by atoms with Crippen molar-refractivity contribution in [2.75, 3.05) is 0 Å². The summed E-state index contributed by atoms with van der Waals surface area (Å²) in [7, 11) is 0. The molecule has 0 amide bonds. The Hall–Kier alpha value is -2.29. The van der Waals surface area contributed by atoms with Gasteiger partial charge in [-0.3, -0.25) is 0 Å². The highest BCUT2D eigenvalue weighted by Crippen LogP contribution is 2.38. The van der Waals surface area contributed by atoms with Crippen LogP contribution in [0.4, 0.5) is 13.2 Å². The third-order valence-electron chi connectivity index (χ3n) is 6.05. The van der Waals surface area contributed by atoms with Crippen molar-refractivity contribution >= 4 is 10.8 Å². The minimum Gasteiger partial charge on any atom is -0.207 e. The van der Waals surface area contributed by atoms with Crippen molar-refractivity contribution in [2.24, 2.45) is 5.92 Å². The van der Waals surface area contributed by atoms with E-state index in [4.69, 9.17) is 0 Å². The summed E-state index contributed by atoms with van der Waals surface area (Å²) in [5.74, 6) is -0.463. The van der Waals surface area contributed by atoms with Gasteiger partial charge in [0, 0.05) is 17.0 Å². The van der Waals surface area contributed by atoms with Crippen LogP contribution < -0.4 is 0 Å². The molecule has 0 radical (unpaired) electrons. The average molecular weight is 368 g/mol. The molecule has 3 heteroatoms. The van der Waals surface area contributed by atoms with E-state index in [1.54, 1.807) is 6.07 Å². The van der Waals surface area contributed by atoms with E-state index in [0.29, 0.717) is 11.3 Å². The lowest BCUT2D eigenvalue weighted by Gasteiger charge is -2.28. The van der Waals surface area contributed by atoms with Crippen molar-refractivity contribution in [1.29, 1.82) is 0 Å². The van der Waals surface area contributed by atoms with E-state index in [1.807, 2.05) is 18.2 Å². The van der Waals surface area contributed by atoms with Crippen molar-refractivity contribution < 1.29 is 13.2 Å². The van der Waals surface area contributed by atoms with Gasteiger partial charge in [-0.2, -0.15) is 0 Å². The van der Waals surface area contributed by atoms with Gasteiger partial charge in [0.05, 0.1) is 0 Å². The molecule has 4 rings (SSSR count). The summed E-state index contributed by atoms with van der Waals surface area (Å²) in [5, 5.41) is 1.33. The summed E-state index contributed by atoms with van der Waals surface area (Å²) >= 11 is 0. The first-order valence-electron chi connectivity index (χ1n) is 9.73. The molecule has 0 atom stereocenters. The molecule has 0 nitrogen and oxygen atoms in total. The third kappa shape index (κ3) is 3.60. The Morgan fingerprint density at radius 1 is 0.815 bits per heavy atom. The highest BCUT2D eigenvalue weighted by Gasteiger charge is 2.22. The number of hydrogen-bond donors (Lipinski definition) is 0. The highest BCUT2D eigenvalue weighted by molar-refractivity contribution is 5.89. The summed E-state index contributed by atoms with van der Waals surface area (Å²) in [4.78, 5) is 0. The van der Waals surface area contributed by atoms with Gasteiger partial charge in [0.25, 0.3) is 0 Å². The number of rotatable bonds is 3. The van der Waals surface area contributed by atoms with Gasteiger partial charge in [0.1, 0.15) is 17.5 Å². The maximum Gasteiger partial charge on any atom is 0.138 e. The quantitative estimate of drug-likeness (QED) is 0.446. The van der Waals surface area contributed by atoms with E-state index in [-0.39, 0.29) is 11.1 Å². The van der Waals surface area contributed by atoms with Crippen LogP contribution in [0.25, 0.3) is 21.9 Å². The van der Waals surface area contributed by atoms with E-state index < -0.39 is 17.5 Å². The second-order valence-corrected chi connectivity index (χ2v) is 7.69. The van der Waals surface area contributed by atoms with Crippen LogP contribution in [-0.4, -0.2) is 0 Å². The Kier molecular flexibility index (Phi) is 4.94. The first-order chi connectivity index (χ1) is 13.0. The smallest absolute Gasteiger partial charge is 0.138 e. The normalized spacial score (nSPS) is 20.1. The highest BCUT2D eigenvalue weighted by atomic mass is 19.1. The zero-order valence-corrected chi connectivity index (χ0v) is 15.4. The van der Waals surface area contributed by atoms with Crippen LogP contribution in [0.3, 0.4) is 0 Å². The molecular weight excluding hydrogens is 345 g/mol. The van der Waals surface area contributed by atoms with Gasteiger partial charge in [-0.25, -0.2) is 13.2 Å². The Bertz CT molecular complexity index is 949. The van der Waals surface area contributed by atoms with Crippen molar-refractivity contribution in [1.82, 2.24) is 0 Å². The fourth-order valence-electron chi connectivity index (χ4n) is 4.40. The van der Waals surface area contributed by atoms with E-state index in [0.717, 1.165) is 29.5 Å². The molecule has 0 unspecified atom stereocenters. The molecule has 140 valence electrons. The lowest BCUT2D eigenvalue weighted by Crippen LogP contribution is -2.12. The predicted octanol–water partition coefficient (Wildman–Crippen LogP) is 7.61. The molecule has 0 aliphatic heterocycles. The molecule has 0 N–H and O–H groups in total. The lowest BCUT2D eigenvalue weighted by molar-refractivity contribution is 0.319. The second kappa shape index (κ2) is 7.38. The van der Waals surface area contributed by atoms with E-state index in [9.17, 15) is 8.78 Å². The van der Waals surface area contributed by atoms with Crippen LogP contribution >= 0.6 is 0 Å². The monoisotopic (exact) mass is 368 g/mol. The lowest BCUT2D eigenvalue weighted by atomic mass is 9.77. The standard InChI is InChI=1S/C24H23F3/c1-2-15-3-5-16(6-4-15)17-7-9-22-18(11-17)8-10-23(24(22)27)19-12-20(25)14-21(26)13-19/h7-16H,2-6H2,1H3/t15-,16-. The molecular formula is C24H23F3. The molecule has 0 aromatic heterocycles. The maximum atomic E-state index is 15.0. The van der Waals surface area contributed by atoms with Gasteiger partial charge in [-0.1, -0.05) is 43.7 Å². The number of benzene rings is 3. The topological polar surface area (TPSA) is 0 Å². The minimum atomic E-state index is -0.706. The van der Waals surface area contributed by atoms with Gasteiger partial charge in [0.15, 0.2) is 0 Å². The van der Waals surface area contributed by atoms with Gasteiger partial charge in [-0.15, -0.1) is 0 Å². The molecule has 27 heavy (non-hydrogen) atoms. The Balaban J connectivity index is 1.68. The van der Waals surface area contributed by atoms with E-state index in [2.05, 4.69) is 13.0 Å². The molecule has 0 spiro atoms. The molecule has 1 saturated carbocycles. The zero-order valence-electron chi connectivity index (χ0n) is 15.4. The van der Waals surface area contributed by atoms with E-state index >= 15 is 4.39 Å². The molecule has 1 aliphatic carbocycles. The Labute approximate surface area is 158 Å². The fraction of sp³-hybridized carbons (Fsp3) is 0.333. The number of fused-ring (bicyclic) bond motifs is 1. The van der Waals surface area contributed by atoms with Gasteiger partial charge >= 0.3 is 0 Å². The van der Waals surface area contributed by atoms with Crippen LogP contribution in [0.5, 0.6) is 0 Å². The number of hydrogen-bond acceptors (Lipinski definition) is 0. The first kappa shape index (κ1) is 18.1. The van der Waals surface area contributed by atoms with Crippen molar-refractivity contribution in [3.8, 4) is 11.1 Å². The first-order valence-corrected chi connectivity index (χ1v) is 9.73. The van der Waals surface area contributed by atoms with Gasteiger partial charge < -0.3 is 0 Å². The molecule has 0 heterocycles. The summed E-state index contributed by atoms with van der Waals surface area (Å²) in [5.41, 5.74) is 1.70. The van der Waals surface area contributed by atoms with Crippen LogP contribution in [0.2, 0.25) is 0 Å². The number of halogens is 3. The van der Waals surface area contributed by atoms with Crippen molar-refractivity contribution in [3.05, 3.63) is 71.5 Å². The van der Waals surface area contributed by atoms with Crippen molar-refractivity contribution in [3.63, 3.8) is 0 Å². The molecule has 1 fully saturated rings. The Morgan fingerprint density at radius 3 is 2.19 bits per heavy atom. The third-order valence-corrected chi connectivity index (χ3v) is 6.05. The van der Waals surface area contributed by atoms with Gasteiger partial charge in [0.2, 0.25) is 0 Å². The molecule has 3 aromatic carbocycles. The molecule has 1 aliphatic rings. The van der Waals surface area contributed by atoms with Crippen LogP contribution in [0.1, 0.15) is 50.5 Å². The molecule has 0 bridgehead atoms. The fourth-order valence-corrected chi connectivity index (χ4v) is 4.40.